The summed E-state index contributed by atoms with van der Waals surface area (Å²) < 4.78 is 38.5. The second-order valence-corrected chi connectivity index (χ2v) is 7.55. The number of rotatable bonds is 3. The van der Waals surface area contributed by atoms with E-state index in [2.05, 4.69) is 15.4 Å². The Balaban J connectivity index is 1.54. The molecule has 2 aromatic heterocycles. The number of nitrogens with one attached hydrogen (secondary N) is 2. The molecule has 1 aliphatic heterocycles. The third-order valence-corrected chi connectivity index (χ3v) is 5.58. The van der Waals surface area contributed by atoms with Crippen molar-refractivity contribution in [1.29, 1.82) is 0 Å². The van der Waals surface area contributed by atoms with E-state index in [1.807, 2.05) is 5.01 Å². The van der Waals surface area contributed by atoms with Crippen LogP contribution in [0.15, 0.2) is 30.3 Å². The molecule has 9 heteroatoms. The smallest absolute Gasteiger partial charge is 0.337 e. The Hall–Kier alpha value is -2.39. The number of carbonyl (C=O) groups is 1. The molecular formula is C18H17F3N4OS. The van der Waals surface area contributed by atoms with Gasteiger partial charge in [0.2, 0.25) is 0 Å². The number of thiophene rings is 1. The highest BCUT2D eigenvalue weighted by Crippen LogP contribution is 2.33. The summed E-state index contributed by atoms with van der Waals surface area (Å²) in [5, 5.41) is 1.92. The van der Waals surface area contributed by atoms with Gasteiger partial charge in [0.1, 0.15) is 5.82 Å². The lowest BCUT2D eigenvalue weighted by molar-refractivity contribution is -0.137. The number of alkyl halides is 3. The predicted octanol–water partition coefficient (Wildman–Crippen LogP) is 4.44. The fourth-order valence-corrected chi connectivity index (χ4v) is 3.94. The molecule has 4 rings (SSSR count). The van der Waals surface area contributed by atoms with E-state index in [-0.39, 0.29) is 5.91 Å². The zero-order chi connectivity index (χ0) is 19.0. The van der Waals surface area contributed by atoms with E-state index in [9.17, 15) is 18.0 Å². The maximum atomic E-state index is 12.8. The number of hydrogen-bond donors (Lipinski definition) is 2. The molecule has 0 unspecified atom stereocenters. The number of hydrazine groups is 1. The van der Waals surface area contributed by atoms with Crippen molar-refractivity contribution in [3.8, 4) is 10.7 Å². The van der Waals surface area contributed by atoms with E-state index in [1.165, 1.54) is 23.8 Å². The van der Waals surface area contributed by atoms with Gasteiger partial charge in [-0.25, -0.2) is 9.99 Å². The summed E-state index contributed by atoms with van der Waals surface area (Å²) in [4.78, 5) is 20.9. The normalized spacial score (nSPS) is 16.0. The van der Waals surface area contributed by atoms with Crippen molar-refractivity contribution < 1.29 is 18.0 Å². The first-order valence-electron chi connectivity index (χ1n) is 8.63. The lowest BCUT2D eigenvalue weighted by Gasteiger charge is -2.26. The van der Waals surface area contributed by atoms with Crippen LogP contribution in [0, 0.1) is 0 Å². The number of carbonyl (C=O) groups excluding carboxylic acids is 1. The number of hydrogen-bond acceptors (Lipinski definition) is 4. The Bertz CT molecular complexity index is 973. The molecular weight excluding hydrogens is 377 g/mol. The van der Waals surface area contributed by atoms with Crippen molar-refractivity contribution in [1.82, 2.24) is 20.4 Å². The van der Waals surface area contributed by atoms with Gasteiger partial charge in [-0.05, 0) is 43.2 Å². The van der Waals surface area contributed by atoms with Gasteiger partial charge < -0.3 is 4.98 Å². The van der Waals surface area contributed by atoms with Gasteiger partial charge in [-0.3, -0.25) is 10.2 Å². The molecule has 1 amide bonds. The Morgan fingerprint density at radius 3 is 2.67 bits per heavy atom. The fourth-order valence-electron chi connectivity index (χ4n) is 3.09. The van der Waals surface area contributed by atoms with E-state index in [4.69, 9.17) is 0 Å². The van der Waals surface area contributed by atoms with Gasteiger partial charge in [-0.2, -0.15) is 13.2 Å². The van der Waals surface area contributed by atoms with Crippen LogP contribution in [0.25, 0.3) is 21.7 Å². The maximum absolute atomic E-state index is 12.8. The summed E-state index contributed by atoms with van der Waals surface area (Å²) in [5.41, 5.74) is 2.94. The van der Waals surface area contributed by atoms with Gasteiger partial charge in [-0.1, -0.05) is 6.42 Å². The van der Waals surface area contributed by atoms with Gasteiger partial charge in [0.25, 0.3) is 5.91 Å². The number of benzene rings is 1. The molecule has 0 aliphatic carbocycles. The summed E-state index contributed by atoms with van der Waals surface area (Å²) >= 11 is 1.25. The number of aromatic nitrogens is 2. The van der Waals surface area contributed by atoms with Crippen LogP contribution in [-0.4, -0.2) is 34.0 Å². The Kier molecular flexibility index (Phi) is 4.65. The van der Waals surface area contributed by atoms with Crippen LogP contribution < -0.4 is 5.43 Å². The first kappa shape index (κ1) is 18.0. The minimum Gasteiger partial charge on any atom is -0.337 e. The maximum Gasteiger partial charge on any atom is 0.416 e. The number of H-pyrrole nitrogens is 1. The van der Waals surface area contributed by atoms with Crippen molar-refractivity contribution in [2.24, 2.45) is 0 Å². The number of imidazole rings is 1. The SMILES string of the molecule is O=C(NN1CCCCC1)c1ccc(-c2nc3ccc(C(F)(F)F)cc3[nH]2)s1. The standard InChI is InChI=1S/C18H17F3N4OS/c19-18(20,21)11-4-5-12-13(10-11)23-16(22-12)14-6-7-15(27-14)17(26)24-25-8-2-1-3-9-25/h4-7,10H,1-3,8-9H2,(H,22,23)(H,24,26). The van der Waals surface area contributed by atoms with Crippen molar-refractivity contribution in [3.63, 3.8) is 0 Å². The van der Waals surface area contributed by atoms with Crippen LogP contribution in [0.2, 0.25) is 0 Å². The van der Waals surface area contributed by atoms with E-state index in [1.54, 1.807) is 12.1 Å². The molecule has 27 heavy (non-hydrogen) atoms. The lowest BCUT2D eigenvalue weighted by atomic mass is 10.2. The lowest BCUT2D eigenvalue weighted by Crippen LogP contribution is -2.44. The molecule has 0 spiro atoms. The summed E-state index contributed by atoms with van der Waals surface area (Å²) in [5.74, 6) is 0.273. The first-order valence-corrected chi connectivity index (χ1v) is 9.45. The van der Waals surface area contributed by atoms with E-state index >= 15 is 0 Å². The summed E-state index contributed by atoms with van der Waals surface area (Å²) in [6, 6.07) is 6.85. The summed E-state index contributed by atoms with van der Waals surface area (Å²) in [6.45, 7) is 1.68. The van der Waals surface area contributed by atoms with Crippen molar-refractivity contribution >= 4 is 28.3 Å². The van der Waals surface area contributed by atoms with E-state index in [0.29, 0.717) is 26.6 Å². The van der Waals surface area contributed by atoms with Gasteiger partial charge in [-0.15, -0.1) is 11.3 Å². The van der Waals surface area contributed by atoms with Gasteiger partial charge in [0, 0.05) is 13.1 Å². The molecule has 3 heterocycles. The van der Waals surface area contributed by atoms with Crippen molar-refractivity contribution in [2.75, 3.05) is 13.1 Å². The van der Waals surface area contributed by atoms with Crippen LogP contribution in [-0.2, 0) is 6.18 Å². The summed E-state index contributed by atoms with van der Waals surface area (Å²) in [7, 11) is 0. The number of halogens is 3. The van der Waals surface area contributed by atoms with Gasteiger partial charge in [0.05, 0.1) is 26.4 Å². The third kappa shape index (κ3) is 3.84. The molecule has 1 saturated heterocycles. The van der Waals surface area contributed by atoms with Crippen LogP contribution in [0.1, 0.15) is 34.5 Å². The van der Waals surface area contributed by atoms with Crippen molar-refractivity contribution in [3.05, 3.63) is 40.8 Å². The average Bonchev–Trinajstić information content (AvgIpc) is 3.28. The number of fused-ring (bicyclic) bond motifs is 1. The van der Waals surface area contributed by atoms with E-state index < -0.39 is 11.7 Å². The molecule has 5 nitrogen and oxygen atoms in total. The van der Waals surface area contributed by atoms with Gasteiger partial charge in [0.15, 0.2) is 0 Å². The van der Waals surface area contributed by atoms with Crippen LogP contribution >= 0.6 is 11.3 Å². The second kappa shape index (κ2) is 6.97. The monoisotopic (exact) mass is 394 g/mol. The molecule has 0 saturated carbocycles. The highest BCUT2D eigenvalue weighted by Gasteiger charge is 2.30. The molecule has 0 atom stereocenters. The zero-order valence-electron chi connectivity index (χ0n) is 14.3. The van der Waals surface area contributed by atoms with Crippen LogP contribution in [0.3, 0.4) is 0 Å². The largest absolute Gasteiger partial charge is 0.416 e. The number of piperidine rings is 1. The van der Waals surface area contributed by atoms with E-state index in [0.717, 1.165) is 38.1 Å². The number of amides is 1. The number of aromatic amines is 1. The molecule has 1 aromatic carbocycles. The predicted molar refractivity (Wildman–Crippen MR) is 97.3 cm³/mol. The third-order valence-electron chi connectivity index (χ3n) is 4.49. The topological polar surface area (TPSA) is 61.0 Å². The molecule has 1 fully saturated rings. The minimum atomic E-state index is -4.40. The quantitative estimate of drug-likeness (QED) is 0.690. The fraction of sp³-hybridized carbons (Fsp3) is 0.333. The van der Waals surface area contributed by atoms with Gasteiger partial charge >= 0.3 is 6.18 Å². The molecule has 0 radical (unpaired) electrons. The van der Waals surface area contributed by atoms with Crippen molar-refractivity contribution in [2.45, 2.75) is 25.4 Å². The number of nitrogens with zero attached hydrogens (tertiary/aromatic N) is 2. The molecule has 1 aliphatic rings. The Morgan fingerprint density at radius 2 is 1.93 bits per heavy atom. The molecule has 0 bridgehead atoms. The molecule has 2 N–H and O–H groups in total. The van der Waals surface area contributed by atoms with Crippen LogP contribution in [0.4, 0.5) is 13.2 Å². The zero-order valence-corrected chi connectivity index (χ0v) is 15.1. The summed E-state index contributed by atoms with van der Waals surface area (Å²) in [6.07, 6.45) is -1.09. The second-order valence-electron chi connectivity index (χ2n) is 6.47. The minimum absolute atomic E-state index is 0.177. The first-order chi connectivity index (χ1) is 12.9. The molecule has 3 aromatic rings. The average molecular weight is 394 g/mol. The highest BCUT2D eigenvalue weighted by atomic mass is 32.1. The van der Waals surface area contributed by atoms with Crippen LogP contribution in [0.5, 0.6) is 0 Å². The Labute approximate surface area is 157 Å². The Morgan fingerprint density at radius 1 is 1.15 bits per heavy atom. The highest BCUT2D eigenvalue weighted by molar-refractivity contribution is 7.17. The molecule has 142 valence electrons.